The van der Waals surface area contributed by atoms with Gasteiger partial charge < -0.3 is 10.1 Å². The van der Waals surface area contributed by atoms with Crippen molar-refractivity contribution in [3.8, 4) is 5.75 Å². The van der Waals surface area contributed by atoms with Crippen LogP contribution in [0.4, 0.5) is 5.69 Å². The minimum atomic E-state index is -0.163. The molecule has 0 spiro atoms. The first kappa shape index (κ1) is 17.6. The lowest BCUT2D eigenvalue weighted by Gasteiger charge is -2.10. The molecule has 0 aliphatic heterocycles. The number of carbonyl (C=O) groups is 1. The molecule has 0 saturated heterocycles. The Balaban J connectivity index is 1.60. The van der Waals surface area contributed by atoms with Crippen LogP contribution in [0.25, 0.3) is 0 Å². The molecule has 0 atom stereocenters. The molecule has 26 heavy (non-hydrogen) atoms. The van der Waals surface area contributed by atoms with Crippen molar-refractivity contribution < 1.29 is 9.53 Å². The number of hydrogen-bond acceptors (Lipinski definition) is 5. The topological polar surface area (TPSA) is 81.9 Å². The number of nitrogens with one attached hydrogen (secondary N) is 1. The number of aromatic nitrogens is 4. The Morgan fingerprint density at radius 3 is 2.46 bits per heavy atom. The van der Waals surface area contributed by atoms with Crippen molar-refractivity contribution in [2.75, 3.05) is 5.32 Å². The molecule has 0 aliphatic rings. The summed E-state index contributed by atoms with van der Waals surface area (Å²) in [6.45, 7) is 6.27. The first-order valence-corrected chi connectivity index (χ1v) is 8.40. The molecule has 0 bridgehead atoms. The average molecular weight is 351 g/mol. The number of carbonyl (C=O) groups excluding carboxylic acids is 1. The molecule has 7 heteroatoms. The number of tetrazole rings is 1. The van der Waals surface area contributed by atoms with E-state index in [4.69, 9.17) is 4.74 Å². The summed E-state index contributed by atoms with van der Waals surface area (Å²) < 4.78 is 7.42. The van der Waals surface area contributed by atoms with E-state index >= 15 is 0 Å². The highest BCUT2D eigenvalue weighted by atomic mass is 16.5. The van der Waals surface area contributed by atoms with E-state index in [0.717, 1.165) is 11.3 Å². The smallest absolute Gasteiger partial charge is 0.255 e. The minimum Gasteiger partial charge on any atom is -0.486 e. The van der Waals surface area contributed by atoms with Crippen LogP contribution in [0.2, 0.25) is 0 Å². The van der Waals surface area contributed by atoms with Gasteiger partial charge in [0, 0.05) is 11.3 Å². The Labute approximate surface area is 152 Å². The van der Waals surface area contributed by atoms with Crippen molar-refractivity contribution >= 4 is 11.6 Å². The fourth-order valence-electron chi connectivity index (χ4n) is 2.40. The first-order chi connectivity index (χ1) is 12.5. The Hall–Kier alpha value is -3.22. The molecule has 0 unspecified atom stereocenters. The zero-order valence-electron chi connectivity index (χ0n) is 15.0. The third-order valence-electron chi connectivity index (χ3n) is 3.84. The number of nitrogens with zero attached hydrogens (tertiary/aromatic N) is 4. The molecule has 0 aliphatic carbocycles. The van der Waals surface area contributed by atoms with Crippen LogP contribution in [0.15, 0.2) is 48.5 Å². The lowest BCUT2D eigenvalue weighted by Crippen LogP contribution is -2.12. The fraction of sp³-hybridized carbons (Fsp3) is 0.263. The molecule has 1 aromatic heterocycles. The average Bonchev–Trinajstić information content (AvgIpc) is 3.11. The zero-order valence-corrected chi connectivity index (χ0v) is 15.0. The van der Waals surface area contributed by atoms with E-state index in [1.165, 1.54) is 0 Å². The molecule has 134 valence electrons. The summed E-state index contributed by atoms with van der Waals surface area (Å²) in [7, 11) is 0. The van der Waals surface area contributed by atoms with E-state index in [-0.39, 0.29) is 18.6 Å². The molecule has 1 heterocycles. The van der Waals surface area contributed by atoms with Gasteiger partial charge >= 0.3 is 0 Å². The molecule has 1 amide bonds. The van der Waals surface area contributed by atoms with E-state index in [1.54, 1.807) is 28.9 Å². The summed E-state index contributed by atoms with van der Waals surface area (Å²) in [5.74, 6) is 1.14. The van der Waals surface area contributed by atoms with Gasteiger partial charge in [-0.15, -0.1) is 5.10 Å². The van der Waals surface area contributed by atoms with Crippen LogP contribution < -0.4 is 10.1 Å². The first-order valence-electron chi connectivity index (χ1n) is 8.40. The van der Waals surface area contributed by atoms with Gasteiger partial charge in [0.15, 0.2) is 5.82 Å². The number of hydrogen-bond donors (Lipinski definition) is 1. The summed E-state index contributed by atoms with van der Waals surface area (Å²) in [6, 6.07) is 14.8. The largest absolute Gasteiger partial charge is 0.486 e. The number of rotatable bonds is 6. The van der Waals surface area contributed by atoms with Crippen molar-refractivity contribution in [2.45, 2.75) is 33.4 Å². The second kappa shape index (κ2) is 7.77. The molecule has 0 saturated carbocycles. The molecular weight excluding hydrogens is 330 g/mol. The van der Waals surface area contributed by atoms with E-state index in [9.17, 15) is 4.79 Å². The van der Waals surface area contributed by atoms with Gasteiger partial charge in [-0.05, 0) is 67.6 Å². The monoisotopic (exact) mass is 351 g/mol. The normalized spacial score (nSPS) is 10.8. The van der Waals surface area contributed by atoms with Crippen molar-refractivity contribution in [2.24, 2.45) is 0 Å². The molecule has 7 nitrogen and oxygen atoms in total. The highest BCUT2D eigenvalue weighted by molar-refractivity contribution is 6.04. The molecule has 2 aromatic carbocycles. The quantitative estimate of drug-likeness (QED) is 0.736. The number of amides is 1. The van der Waals surface area contributed by atoms with Gasteiger partial charge in [0.25, 0.3) is 5.91 Å². The molecule has 3 rings (SSSR count). The van der Waals surface area contributed by atoms with E-state index in [0.29, 0.717) is 17.1 Å². The number of ether oxygens (including phenoxy) is 1. The summed E-state index contributed by atoms with van der Waals surface area (Å²) in [4.78, 5) is 12.3. The Morgan fingerprint density at radius 2 is 1.81 bits per heavy atom. The highest BCUT2D eigenvalue weighted by Crippen LogP contribution is 2.16. The van der Waals surface area contributed by atoms with Crippen molar-refractivity contribution in [3.63, 3.8) is 0 Å². The van der Waals surface area contributed by atoms with Crippen molar-refractivity contribution in [1.29, 1.82) is 0 Å². The van der Waals surface area contributed by atoms with Crippen LogP contribution in [0.3, 0.4) is 0 Å². The van der Waals surface area contributed by atoms with E-state index in [1.807, 2.05) is 45.0 Å². The van der Waals surface area contributed by atoms with Crippen molar-refractivity contribution in [3.05, 3.63) is 65.5 Å². The van der Waals surface area contributed by atoms with Gasteiger partial charge in [-0.25, -0.2) is 4.68 Å². The third kappa shape index (κ3) is 4.24. The summed E-state index contributed by atoms with van der Waals surface area (Å²) in [5, 5.41) is 14.4. The SMILES string of the molecule is Cc1ccc(NC(=O)c2ccc(OCc3nnnn3C(C)C)cc2)cc1. The van der Waals surface area contributed by atoms with Crippen LogP contribution >= 0.6 is 0 Å². The van der Waals surface area contributed by atoms with E-state index < -0.39 is 0 Å². The van der Waals surface area contributed by atoms with Gasteiger partial charge in [0.1, 0.15) is 12.4 Å². The Bertz CT molecular complexity index is 870. The fourth-order valence-corrected chi connectivity index (χ4v) is 2.40. The van der Waals surface area contributed by atoms with E-state index in [2.05, 4.69) is 20.8 Å². The van der Waals surface area contributed by atoms with Crippen LogP contribution in [0.1, 0.15) is 41.6 Å². The van der Waals surface area contributed by atoms with Crippen LogP contribution in [0.5, 0.6) is 5.75 Å². The van der Waals surface area contributed by atoms with Gasteiger partial charge in [-0.1, -0.05) is 17.7 Å². The van der Waals surface area contributed by atoms with Crippen LogP contribution in [-0.2, 0) is 6.61 Å². The van der Waals surface area contributed by atoms with Crippen molar-refractivity contribution in [1.82, 2.24) is 20.2 Å². The lowest BCUT2D eigenvalue weighted by molar-refractivity contribution is 0.102. The van der Waals surface area contributed by atoms with Gasteiger partial charge in [-0.2, -0.15) is 0 Å². The second-order valence-electron chi connectivity index (χ2n) is 6.27. The zero-order chi connectivity index (χ0) is 18.5. The van der Waals surface area contributed by atoms with Crippen LogP contribution in [0, 0.1) is 6.92 Å². The molecule has 0 fully saturated rings. The molecular formula is C19H21N5O2. The standard InChI is InChI=1S/C19H21N5O2/c1-13(2)24-18(21-22-23-24)12-26-17-10-6-15(7-11-17)19(25)20-16-8-4-14(3)5-9-16/h4-11,13H,12H2,1-3H3,(H,20,25). The lowest BCUT2D eigenvalue weighted by atomic mass is 10.2. The van der Waals surface area contributed by atoms with Gasteiger partial charge in [0.2, 0.25) is 0 Å². The maximum atomic E-state index is 12.3. The maximum Gasteiger partial charge on any atom is 0.255 e. The number of aryl methyl sites for hydroxylation is 1. The molecule has 0 radical (unpaired) electrons. The Morgan fingerprint density at radius 1 is 1.12 bits per heavy atom. The number of anilines is 1. The molecule has 3 aromatic rings. The predicted molar refractivity (Wildman–Crippen MR) is 98.1 cm³/mol. The number of benzene rings is 2. The summed E-state index contributed by atoms with van der Waals surface area (Å²) in [6.07, 6.45) is 0. The highest BCUT2D eigenvalue weighted by Gasteiger charge is 2.10. The van der Waals surface area contributed by atoms with Crippen LogP contribution in [-0.4, -0.2) is 26.1 Å². The Kier molecular flexibility index (Phi) is 5.26. The minimum absolute atomic E-state index is 0.163. The molecule has 1 N–H and O–H groups in total. The third-order valence-corrected chi connectivity index (χ3v) is 3.84. The maximum absolute atomic E-state index is 12.3. The second-order valence-corrected chi connectivity index (χ2v) is 6.27. The van der Waals surface area contributed by atoms with Gasteiger partial charge in [-0.3, -0.25) is 4.79 Å². The van der Waals surface area contributed by atoms with Gasteiger partial charge in [0.05, 0.1) is 6.04 Å². The summed E-state index contributed by atoms with van der Waals surface area (Å²) >= 11 is 0. The summed E-state index contributed by atoms with van der Waals surface area (Å²) in [5.41, 5.74) is 2.47. The predicted octanol–water partition coefficient (Wildman–Crippen LogP) is 3.39.